The monoisotopic (exact) mass is 573 g/mol. The first-order valence-corrected chi connectivity index (χ1v) is 15.2. The van der Waals surface area contributed by atoms with Gasteiger partial charge in [0.15, 0.2) is 0 Å². The third-order valence-electron chi connectivity index (χ3n) is 8.77. The average Bonchev–Trinajstić information content (AvgIpc) is 3.07. The molecule has 0 bridgehead atoms. The van der Waals surface area contributed by atoms with Crippen LogP contribution in [-0.4, -0.2) is 56.1 Å². The van der Waals surface area contributed by atoms with Gasteiger partial charge < -0.3 is 20.9 Å². The number of para-hydroxylation sites is 1. The highest BCUT2D eigenvalue weighted by atomic mass is 16.2. The minimum atomic E-state index is -0.559. The summed E-state index contributed by atoms with van der Waals surface area (Å²) < 4.78 is 0. The lowest BCUT2D eigenvalue weighted by Gasteiger charge is -2.39. The average molecular weight is 574 g/mol. The van der Waals surface area contributed by atoms with Crippen molar-refractivity contribution in [1.29, 1.82) is 0 Å². The minimum Gasteiger partial charge on any atom is -0.370 e. The first kappa shape index (κ1) is 28.5. The fourth-order valence-corrected chi connectivity index (χ4v) is 6.64. The lowest BCUT2D eigenvalue weighted by atomic mass is 9.76. The molecule has 2 saturated heterocycles. The number of nitrogens with two attached hydrogens (primary N) is 1. The number of amides is 3. The number of carbonyl (C=O) groups is 2. The zero-order valence-corrected chi connectivity index (χ0v) is 24.4. The van der Waals surface area contributed by atoms with Crippen LogP contribution in [0.25, 0.3) is 0 Å². The Bertz CT molecular complexity index is 1480. The van der Waals surface area contributed by atoms with Crippen LogP contribution in [0.5, 0.6) is 0 Å². The second-order valence-electron chi connectivity index (χ2n) is 11.4. The summed E-state index contributed by atoms with van der Waals surface area (Å²) in [6.45, 7) is 4.55. The zero-order chi connectivity index (χ0) is 29.6. The van der Waals surface area contributed by atoms with Gasteiger partial charge in [0.05, 0.1) is 17.1 Å². The Morgan fingerprint density at radius 3 is 1.86 bits per heavy atom. The summed E-state index contributed by atoms with van der Waals surface area (Å²) in [5, 5.41) is 3.32. The molecular weight excluding hydrogens is 534 g/mol. The van der Waals surface area contributed by atoms with Crippen LogP contribution in [-0.2, 0) is 0 Å². The number of anilines is 3. The quantitative estimate of drug-likeness (QED) is 0.284. The van der Waals surface area contributed by atoms with Crippen molar-refractivity contribution < 1.29 is 9.59 Å². The van der Waals surface area contributed by atoms with E-state index in [0.717, 1.165) is 44.7 Å². The summed E-state index contributed by atoms with van der Waals surface area (Å²) >= 11 is 0. The summed E-state index contributed by atoms with van der Waals surface area (Å²) in [5.41, 5.74) is 11.5. The number of nitrogens with one attached hydrogen (secondary N) is 1. The van der Waals surface area contributed by atoms with Gasteiger partial charge in [-0.2, -0.15) is 0 Å². The van der Waals surface area contributed by atoms with Crippen LogP contribution < -0.4 is 20.9 Å². The SMILES string of the molecule is NC(=O)N(c1ccccc1)c1ccc(C(=O)N2CCNCC2)cc1N1CCC(C(c2ccccc2)c2ccccc2)CC1. The second kappa shape index (κ2) is 13.1. The maximum atomic E-state index is 13.5. The number of benzene rings is 4. The van der Waals surface area contributed by atoms with E-state index in [2.05, 4.69) is 70.9 Å². The Morgan fingerprint density at radius 2 is 1.30 bits per heavy atom. The Morgan fingerprint density at radius 1 is 0.744 bits per heavy atom. The van der Waals surface area contributed by atoms with E-state index in [1.807, 2.05) is 53.4 Å². The first-order valence-electron chi connectivity index (χ1n) is 15.2. The number of piperazine rings is 1. The molecule has 3 N–H and O–H groups in total. The van der Waals surface area contributed by atoms with Crippen molar-refractivity contribution in [2.45, 2.75) is 18.8 Å². The predicted molar refractivity (Wildman–Crippen MR) is 173 cm³/mol. The first-order chi connectivity index (χ1) is 21.1. The molecule has 0 atom stereocenters. The molecule has 0 aliphatic carbocycles. The Labute approximate surface area is 253 Å². The van der Waals surface area contributed by atoms with E-state index >= 15 is 0 Å². The van der Waals surface area contributed by atoms with E-state index in [-0.39, 0.29) is 5.91 Å². The minimum absolute atomic E-state index is 0.0164. The summed E-state index contributed by atoms with van der Waals surface area (Å²) in [7, 11) is 0. The van der Waals surface area contributed by atoms with Crippen LogP contribution in [0.15, 0.2) is 109 Å². The van der Waals surface area contributed by atoms with Crippen LogP contribution in [0.1, 0.15) is 40.2 Å². The van der Waals surface area contributed by atoms with Crippen molar-refractivity contribution in [1.82, 2.24) is 10.2 Å². The smallest absolute Gasteiger partial charge is 0.323 e. The largest absolute Gasteiger partial charge is 0.370 e. The molecule has 4 aromatic rings. The maximum Gasteiger partial charge on any atom is 0.323 e. The molecule has 7 nitrogen and oxygen atoms in total. The standard InChI is InChI=1S/C36H39N5O2/c37-36(43)41(31-14-8-3-9-15-31)32-17-16-30(35(42)40-24-20-38-21-25-40)26-33(32)39-22-18-29(19-23-39)34(27-10-4-1-5-11-27)28-12-6-2-7-13-28/h1-17,26,29,34,38H,18-25H2,(H2,37,43). The van der Waals surface area contributed by atoms with Gasteiger partial charge in [-0.15, -0.1) is 0 Å². The van der Waals surface area contributed by atoms with Crippen molar-refractivity contribution in [3.63, 3.8) is 0 Å². The van der Waals surface area contributed by atoms with Crippen LogP contribution in [0, 0.1) is 5.92 Å². The fraction of sp³-hybridized carbons (Fsp3) is 0.278. The highest BCUT2D eigenvalue weighted by Gasteiger charge is 2.31. The number of carbonyl (C=O) groups excluding carboxylic acids is 2. The van der Waals surface area contributed by atoms with E-state index < -0.39 is 6.03 Å². The fourth-order valence-electron chi connectivity index (χ4n) is 6.64. The van der Waals surface area contributed by atoms with E-state index in [0.29, 0.717) is 41.9 Å². The van der Waals surface area contributed by atoms with Crippen LogP contribution in [0.3, 0.4) is 0 Å². The predicted octanol–water partition coefficient (Wildman–Crippen LogP) is 6.00. The number of hydrogen-bond acceptors (Lipinski definition) is 4. The summed E-state index contributed by atoms with van der Waals surface area (Å²) in [4.78, 5) is 32.2. The molecule has 2 fully saturated rings. The number of primary amides is 1. The van der Waals surface area contributed by atoms with Crippen molar-refractivity contribution >= 4 is 29.0 Å². The molecule has 43 heavy (non-hydrogen) atoms. The molecule has 4 aromatic carbocycles. The van der Waals surface area contributed by atoms with Gasteiger partial charge in [0, 0.05) is 50.7 Å². The van der Waals surface area contributed by atoms with Gasteiger partial charge in [0.1, 0.15) is 0 Å². The molecule has 0 aromatic heterocycles. The van der Waals surface area contributed by atoms with Crippen molar-refractivity contribution in [3.8, 4) is 0 Å². The highest BCUT2D eigenvalue weighted by molar-refractivity contribution is 6.03. The normalized spacial score (nSPS) is 15.8. The van der Waals surface area contributed by atoms with Crippen LogP contribution in [0.4, 0.5) is 21.9 Å². The molecule has 220 valence electrons. The van der Waals surface area contributed by atoms with E-state index in [4.69, 9.17) is 5.73 Å². The molecule has 2 aliphatic heterocycles. The molecule has 7 heteroatoms. The molecule has 0 unspecified atom stereocenters. The van der Waals surface area contributed by atoms with Gasteiger partial charge in [0.25, 0.3) is 5.91 Å². The number of rotatable bonds is 7. The van der Waals surface area contributed by atoms with Gasteiger partial charge in [-0.05, 0) is 60.2 Å². The molecule has 0 radical (unpaired) electrons. The molecule has 3 amide bonds. The van der Waals surface area contributed by atoms with E-state index in [1.165, 1.54) is 11.1 Å². The molecule has 0 saturated carbocycles. The van der Waals surface area contributed by atoms with Crippen LogP contribution in [0.2, 0.25) is 0 Å². The molecular formula is C36H39N5O2. The van der Waals surface area contributed by atoms with Gasteiger partial charge >= 0.3 is 6.03 Å². The number of hydrogen-bond donors (Lipinski definition) is 2. The van der Waals surface area contributed by atoms with E-state index in [1.54, 1.807) is 4.90 Å². The van der Waals surface area contributed by atoms with Gasteiger partial charge in [-0.25, -0.2) is 4.79 Å². The summed E-state index contributed by atoms with van der Waals surface area (Å²) in [5.74, 6) is 0.773. The number of urea groups is 1. The Hall–Kier alpha value is -4.62. The van der Waals surface area contributed by atoms with E-state index in [9.17, 15) is 9.59 Å². The third-order valence-corrected chi connectivity index (χ3v) is 8.77. The molecule has 2 aliphatic rings. The summed E-state index contributed by atoms with van der Waals surface area (Å²) in [6, 6.07) is 36.1. The molecule has 6 rings (SSSR count). The molecule has 2 heterocycles. The lowest BCUT2D eigenvalue weighted by molar-refractivity contribution is 0.0736. The zero-order valence-electron chi connectivity index (χ0n) is 24.4. The highest BCUT2D eigenvalue weighted by Crippen LogP contribution is 2.42. The van der Waals surface area contributed by atoms with Gasteiger partial charge in [0.2, 0.25) is 0 Å². The third kappa shape index (κ3) is 6.27. The van der Waals surface area contributed by atoms with Crippen molar-refractivity contribution in [2.24, 2.45) is 11.7 Å². The Kier molecular flexibility index (Phi) is 8.70. The number of nitrogens with zero attached hydrogens (tertiary/aromatic N) is 3. The van der Waals surface area contributed by atoms with Gasteiger partial charge in [-0.1, -0.05) is 78.9 Å². The maximum absolute atomic E-state index is 13.5. The summed E-state index contributed by atoms with van der Waals surface area (Å²) in [6.07, 6.45) is 1.96. The lowest BCUT2D eigenvalue weighted by Crippen LogP contribution is -2.46. The molecule has 0 spiro atoms. The topological polar surface area (TPSA) is 81.9 Å². The van der Waals surface area contributed by atoms with Gasteiger partial charge in [-0.3, -0.25) is 9.69 Å². The second-order valence-corrected chi connectivity index (χ2v) is 11.4. The van der Waals surface area contributed by atoms with Crippen molar-refractivity contribution in [3.05, 3.63) is 126 Å². The van der Waals surface area contributed by atoms with Crippen molar-refractivity contribution in [2.75, 3.05) is 49.1 Å². The Balaban J connectivity index is 1.33. The van der Waals surface area contributed by atoms with Crippen LogP contribution >= 0.6 is 0 Å². The number of piperidine rings is 1.